The summed E-state index contributed by atoms with van der Waals surface area (Å²) in [5, 5.41) is 14.1. The van der Waals surface area contributed by atoms with E-state index in [9.17, 15) is 19.4 Å². The third-order valence-corrected chi connectivity index (χ3v) is 17.1. The lowest BCUT2D eigenvalue weighted by atomic mass is 10.0. The summed E-state index contributed by atoms with van der Waals surface area (Å²) in [5.74, 6) is -0.177. The molecule has 3 atom stereocenters. The molecule has 0 aromatic rings. The van der Waals surface area contributed by atoms with Crippen LogP contribution in [0.2, 0.25) is 0 Å². The highest BCUT2D eigenvalue weighted by Crippen LogP contribution is 2.43. The highest BCUT2D eigenvalue weighted by Gasteiger charge is 2.28. The van der Waals surface area contributed by atoms with Gasteiger partial charge in [-0.05, 0) is 96.3 Å². The zero-order valence-corrected chi connectivity index (χ0v) is 59.5. The van der Waals surface area contributed by atoms with E-state index in [1.165, 1.54) is 173 Å². The maximum atomic E-state index is 13.1. The fourth-order valence-corrected chi connectivity index (χ4v) is 11.2. The standard InChI is InChI=1S/C80H141N2O6P/c1-6-8-10-12-14-16-18-20-22-24-26-28-30-32-34-36-38-39-40-41-42-43-44-46-48-50-52-54-56-58-60-62-64-66-68-70-72-74-80(84)81-78(77-88-89(85,86)87-76-75-82(3,4)5)79(83)73-71-69-67-65-63-61-59-57-55-53-51-49-47-45-37-35-33-31-29-27-25-23-21-19-17-15-13-11-9-7-2/h8,10,14,16,20,22,26,28,32,34,38-39,41-42,44,46,50,52,56,58,62,64,78-79,83H,6-7,9,11-13,15,17-19,21,23-25,27,29-31,33,35-37,40,43,45,47-49,51,53-55,57,59-61,63,65-77H2,1-5H3,(H-,81,84,85,86)/p+1/b10-8-,16-14-,22-20-,28-26-,34-32-,39-38-,42-41-,46-44-,52-50-,58-56-,64-62-. The van der Waals surface area contributed by atoms with Crippen molar-refractivity contribution in [2.24, 2.45) is 0 Å². The summed E-state index contributed by atoms with van der Waals surface area (Å²) >= 11 is 0. The fraction of sp³-hybridized carbons (Fsp3) is 0.713. The summed E-state index contributed by atoms with van der Waals surface area (Å²) in [7, 11) is 1.58. The Morgan fingerprint density at radius 1 is 0.393 bits per heavy atom. The Bertz CT molecular complexity index is 1920. The number of amides is 1. The van der Waals surface area contributed by atoms with Crippen LogP contribution in [-0.2, 0) is 18.4 Å². The normalized spacial score (nSPS) is 14.4. The minimum Gasteiger partial charge on any atom is -0.391 e. The number of nitrogens with zero attached hydrogens (tertiary/aromatic N) is 1. The number of hydrogen-bond acceptors (Lipinski definition) is 5. The van der Waals surface area contributed by atoms with Crippen molar-refractivity contribution in [1.82, 2.24) is 5.32 Å². The third kappa shape index (κ3) is 71.9. The number of carbonyl (C=O) groups is 1. The molecule has 3 N–H and O–H groups in total. The second kappa shape index (κ2) is 69.0. The second-order valence-electron chi connectivity index (χ2n) is 25.9. The van der Waals surface area contributed by atoms with E-state index in [4.69, 9.17) is 9.05 Å². The van der Waals surface area contributed by atoms with E-state index in [-0.39, 0.29) is 19.1 Å². The molecule has 0 radical (unpaired) electrons. The van der Waals surface area contributed by atoms with Crippen LogP contribution in [0.3, 0.4) is 0 Å². The number of hydrogen-bond donors (Lipinski definition) is 3. The first kappa shape index (κ1) is 85.6. The quantitative estimate of drug-likeness (QED) is 0.0243. The zero-order chi connectivity index (χ0) is 64.8. The van der Waals surface area contributed by atoms with Crippen molar-refractivity contribution in [3.8, 4) is 0 Å². The van der Waals surface area contributed by atoms with Gasteiger partial charge in [-0.2, -0.15) is 0 Å². The summed E-state index contributed by atoms with van der Waals surface area (Å²) in [5.41, 5.74) is 0. The van der Waals surface area contributed by atoms with Crippen molar-refractivity contribution in [3.63, 3.8) is 0 Å². The van der Waals surface area contributed by atoms with Gasteiger partial charge < -0.3 is 19.8 Å². The first-order valence-corrected chi connectivity index (χ1v) is 38.5. The predicted octanol–water partition coefficient (Wildman–Crippen LogP) is 24.2. The molecule has 0 spiro atoms. The Hall–Kier alpha value is -3.36. The van der Waals surface area contributed by atoms with E-state index in [0.29, 0.717) is 23.9 Å². The summed E-state index contributed by atoms with van der Waals surface area (Å²) in [6, 6.07) is -0.791. The number of phosphoric ester groups is 1. The number of rotatable bonds is 67. The van der Waals surface area contributed by atoms with Gasteiger partial charge in [0.15, 0.2) is 0 Å². The van der Waals surface area contributed by atoms with Gasteiger partial charge in [0.25, 0.3) is 0 Å². The summed E-state index contributed by atoms with van der Waals surface area (Å²) < 4.78 is 23.9. The van der Waals surface area contributed by atoms with Gasteiger partial charge >= 0.3 is 7.82 Å². The van der Waals surface area contributed by atoms with Crippen molar-refractivity contribution < 1.29 is 32.9 Å². The number of unbranched alkanes of at least 4 members (excludes halogenated alkanes) is 32. The molecule has 0 aliphatic rings. The molecule has 0 saturated carbocycles. The molecule has 0 bridgehead atoms. The maximum absolute atomic E-state index is 13.1. The Morgan fingerprint density at radius 3 is 0.978 bits per heavy atom. The van der Waals surface area contributed by atoms with E-state index in [1.807, 2.05) is 21.1 Å². The number of likely N-dealkylation sites (N-methyl/N-ethyl adjacent to an activating group) is 1. The fourth-order valence-electron chi connectivity index (χ4n) is 10.5. The molecule has 8 nitrogen and oxygen atoms in total. The number of aliphatic hydroxyl groups is 1. The van der Waals surface area contributed by atoms with E-state index in [0.717, 1.165) is 116 Å². The molecule has 0 aromatic heterocycles. The third-order valence-electron chi connectivity index (χ3n) is 16.2. The van der Waals surface area contributed by atoms with Crippen LogP contribution in [0.5, 0.6) is 0 Å². The summed E-state index contributed by atoms with van der Waals surface area (Å²) in [6.45, 7) is 4.77. The summed E-state index contributed by atoms with van der Waals surface area (Å²) in [4.78, 5) is 23.5. The van der Waals surface area contributed by atoms with Gasteiger partial charge in [0, 0.05) is 6.42 Å². The van der Waals surface area contributed by atoms with Crippen molar-refractivity contribution >= 4 is 13.7 Å². The minimum atomic E-state index is -4.35. The van der Waals surface area contributed by atoms with Crippen LogP contribution in [0.25, 0.3) is 0 Å². The van der Waals surface area contributed by atoms with Gasteiger partial charge in [-0.3, -0.25) is 13.8 Å². The highest BCUT2D eigenvalue weighted by molar-refractivity contribution is 7.47. The number of phosphoric acid groups is 1. The number of quaternary nitrogens is 1. The van der Waals surface area contributed by atoms with Crippen LogP contribution >= 0.6 is 7.82 Å². The molecule has 0 heterocycles. The average molecular weight is 1260 g/mol. The van der Waals surface area contributed by atoms with E-state index >= 15 is 0 Å². The largest absolute Gasteiger partial charge is 0.472 e. The average Bonchev–Trinajstić information content (AvgIpc) is 3.57. The van der Waals surface area contributed by atoms with Crippen LogP contribution in [0.15, 0.2) is 134 Å². The first-order valence-electron chi connectivity index (χ1n) is 37.0. The van der Waals surface area contributed by atoms with E-state index in [1.54, 1.807) is 0 Å². The first-order chi connectivity index (χ1) is 43.5. The zero-order valence-electron chi connectivity index (χ0n) is 58.6. The van der Waals surface area contributed by atoms with Gasteiger partial charge in [-0.15, -0.1) is 0 Å². The molecule has 1 amide bonds. The molecule has 9 heteroatoms. The van der Waals surface area contributed by atoms with Crippen LogP contribution in [0.4, 0.5) is 0 Å². The molecule has 0 rings (SSSR count). The lowest BCUT2D eigenvalue weighted by Gasteiger charge is -2.26. The van der Waals surface area contributed by atoms with Crippen LogP contribution in [0, 0.1) is 0 Å². The van der Waals surface area contributed by atoms with Crippen molar-refractivity contribution in [2.45, 2.75) is 328 Å². The molecule has 0 fully saturated rings. The topological polar surface area (TPSA) is 105 Å². The van der Waals surface area contributed by atoms with Crippen LogP contribution in [0.1, 0.15) is 316 Å². The van der Waals surface area contributed by atoms with Crippen molar-refractivity contribution in [3.05, 3.63) is 134 Å². The predicted molar refractivity (Wildman–Crippen MR) is 391 cm³/mol. The number of nitrogens with one attached hydrogen (secondary N) is 1. The smallest absolute Gasteiger partial charge is 0.391 e. The Kier molecular flexibility index (Phi) is 66.4. The molecule has 0 aromatic carbocycles. The van der Waals surface area contributed by atoms with Gasteiger partial charge in [0.1, 0.15) is 13.2 Å². The second-order valence-corrected chi connectivity index (χ2v) is 27.4. The van der Waals surface area contributed by atoms with E-state index < -0.39 is 20.0 Å². The molecule has 0 aliphatic carbocycles. The number of carbonyl (C=O) groups excluding carboxylic acids is 1. The Labute approximate surface area is 551 Å². The number of aliphatic hydroxyl groups excluding tert-OH is 1. The molecule has 0 aliphatic heterocycles. The lowest BCUT2D eigenvalue weighted by molar-refractivity contribution is -0.870. The SMILES string of the molecule is CC/C=C\C/C=C\C/C=C\C/C=C\C/C=C\C/C=C\C/C=C\C/C=C\C/C=C\C/C=C\C/C=C\CCCCCC(=O)NC(COP(=O)(O)OCC[N+](C)(C)C)C(O)CCCCCCCCCCCCCCCCCCCCCCCCCCCCCCCC. The Balaban J connectivity index is 4.15. The van der Waals surface area contributed by atoms with Gasteiger partial charge in [-0.1, -0.05) is 347 Å². The summed E-state index contributed by atoms with van der Waals surface area (Å²) in [6.07, 6.45) is 104. The number of allylic oxidation sites excluding steroid dienone is 22. The van der Waals surface area contributed by atoms with Crippen molar-refractivity contribution in [1.29, 1.82) is 0 Å². The Morgan fingerprint density at radius 2 is 0.674 bits per heavy atom. The minimum absolute atomic E-state index is 0.0613. The van der Waals surface area contributed by atoms with Gasteiger partial charge in [-0.25, -0.2) is 4.57 Å². The van der Waals surface area contributed by atoms with Crippen LogP contribution in [-0.4, -0.2) is 73.4 Å². The molecule has 3 unspecified atom stereocenters. The van der Waals surface area contributed by atoms with Gasteiger partial charge in [0.2, 0.25) is 5.91 Å². The monoisotopic (exact) mass is 1260 g/mol. The molecule has 89 heavy (non-hydrogen) atoms. The molecular weight excluding hydrogens is 1120 g/mol. The highest BCUT2D eigenvalue weighted by atomic mass is 31.2. The van der Waals surface area contributed by atoms with E-state index in [2.05, 4.69) is 153 Å². The lowest BCUT2D eigenvalue weighted by Crippen LogP contribution is -2.46. The molecular formula is C80H142N2O6P+. The van der Waals surface area contributed by atoms with Gasteiger partial charge in [0.05, 0.1) is 39.9 Å². The molecule has 0 saturated heterocycles. The van der Waals surface area contributed by atoms with Crippen molar-refractivity contribution in [2.75, 3.05) is 40.9 Å². The maximum Gasteiger partial charge on any atom is 0.472 e. The van der Waals surface area contributed by atoms with Crippen LogP contribution < -0.4 is 5.32 Å². The molecule has 512 valence electrons.